The van der Waals surface area contributed by atoms with Crippen molar-refractivity contribution in [2.45, 2.75) is 19.4 Å². The maximum atomic E-state index is 11.3. The van der Waals surface area contributed by atoms with Crippen molar-refractivity contribution in [2.75, 3.05) is 0 Å². The van der Waals surface area contributed by atoms with Crippen molar-refractivity contribution in [3.8, 4) is 0 Å². The third-order valence-electron chi connectivity index (χ3n) is 1.76. The van der Waals surface area contributed by atoms with Gasteiger partial charge in [0.05, 0.1) is 0 Å². The molecule has 0 saturated heterocycles. The van der Waals surface area contributed by atoms with Crippen LogP contribution in [0.4, 0.5) is 0 Å². The van der Waals surface area contributed by atoms with E-state index in [4.69, 9.17) is 10.8 Å². The molecule has 4 N–H and O–H groups in total. The molecular formula is C8H11N3O3. The molecule has 1 unspecified atom stereocenters. The third-order valence-corrected chi connectivity index (χ3v) is 1.76. The van der Waals surface area contributed by atoms with E-state index in [0.717, 1.165) is 0 Å². The number of carboxylic acid groups (broad SMARTS) is 1. The zero-order valence-electron chi connectivity index (χ0n) is 7.65. The monoisotopic (exact) mass is 197 g/mol. The van der Waals surface area contributed by atoms with Gasteiger partial charge in [-0.3, -0.25) is 9.59 Å². The molecule has 0 bridgehead atoms. The van der Waals surface area contributed by atoms with Crippen molar-refractivity contribution in [1.29, 1.82) is 0 Å². The fraction of sp³-hybridized carbons (Fsp3) is 0.375. The number of nitrogens with one attached hydrogen (secondary N) is 1. The second-order valence-corrected chi connectivity index (χ2v) is 2.97. The van der Waals surface area contributed by atoms with E-state index < -0.39 is 12.0 Å². The number of rotatable bonds is 3. The van der Waals surface area contributed by atoms with Gasteiger partial charge in [-0.15, -0.1) is 0 Å². The lowest BCUT2D eigenvalue weighted by Gasteiger charge is -2.04. The molecule has 0 spiro atoms. The zero-order chi connectivity index (χ0) is 10.7. The van der Waals surface area contributed by atoms with Gasteiger partial charge in [0, 0.05) is 18.2 Å². The van der Waals surface area contributed by atoms with Crippen LogP contribution in [0.5, 0.6) is 0 Å². The van der Waals surface area contributed by atoms with Gasteiger partial charge in [-0.1, -0.05) is 0 Å². The predicted molar refractivity (Wildman–Crippen MR) is 48.9 cm³/mol. The number of carbonyl (C=O) groups is 1. The van der Waals surface area contributed by atoms with E-state index in [-0.39, 0.29) is 17.5 Å². The molecule has 0 amide bonds. The number of aryl methyl sites for hydroxylation is 1. The average molecular weight is 197 g/mol. The first-order valence-corrected chi connectivity index (χ1v) is 4.04. The van der Waals surface area contributed by atoms with Gasteiger partial charge >= 0.3 is 5.97 Å². The van der Waals surface area contributed by atoms with Gasteiger partial charge in [0.25, 0.3) is 5.56 Å². The van der Waals surface area contributed by atoms with Gasteiger partial charge in [0.2, 0.25) is 0 Å². The minimum Gasteiger partial charge on any atom is -0.480 e. The number of carboxylic acids is 1. The first-order valence-electron chi connectivity index (χ1n) is 4.04. The molecule has 0 aromatic carbocycles. The van der Waals surface area contributed by atoms with Crippen LogP contribution in [-0.4, -0.2) is 27.1 Å². The van der Waals surface area contributed by atoms with Gasteiger partial charge < -0.3 is 15.8 Å². The van der Waals surface area contributed by atoms with Crippen LogP contribution in [0.3, 0.4) is 0 Å². The summed E-state index contributed by atoms with van der Waals surface area (Å²) in [6, 6.07) is -1.07. The molecule has 1 aromatic heterocycles. The molecule has 0 saturated carbocycles. The molecule has 76 valence electrons. The van der Waals surface area contributed by atoms with Gasteiger partial charge in [0.1, 0.15) is 11.9 Å². The van der Waals surface area contributed by atoms with Crippen LogP contribution in [0.15, 0.2) is 11.0 Å². The number of H-pyrrole nitrogens is 1. The van der Waals surface area contributed by atoms with Crippen molar-refractivity contribution >= 4 is 5.97 Å². The Kier molecular flexibility index (Phi) is 2.98. The molecular weight excluding hydrogens is 186 g/mol. The molecule has 1 heterocycles. The summed E-state index contributed by atoms with van der Waals surface area (Å²) in [4.78, 5) is 28.0. The first-order chi connectivity index (χ1) is 6.50. The van der Waals surface area contributed by atoms with Crippen molar-refractivity contribution in [1.82, 2.24) is 9.97 Å². The molecule has 0 aliphatic carbocycles. The Morgan fingerprint density at radius 1 is 1.79 bits per heavy atom. The maximum Gasteiger partial charge on any atom is 0.320 e. The number of nitrogens with zero attached hydrogens (tertiary/aromatic N) is 1. The summed E-state index contributed by atoms with van der Waals surface area (Å²) in [5.74, 6) is -0.646. The lowest BCUT2D eigenvalue weighted by atomic mass is 10.1. The van der Waals surface area contributed by atoms with Crippen molar-refractivity contribution in [3.05, 3.63) is 27.9 Å². The minimum atomic E-state index is -1.13. The van der Waals surface area contributed by atoms with E-state index in [1.54, 1.807) is 6.92 Å². The quantitative estimate of drug-likeness (QED) is 0.577. The Bertz CT molecular complexity index is 399. The molecule has 6 nitrogen and oxygen atoms in total. The van der Waals surface area contributed by atoms with Crippen molar-refractivity contribution < 1.29 is 9.90 Å². The standard InChI is InChI=1S/C8H11N3O3/c1-4-10-3-5(7(12)11-4)2-6(9)8(13)14/h3,6H,2,9H2,1H3,(H,13,14)(H,10,11,12). The van der Waals surface area contributed by atoms with Crippen LogP contribution in [-0.2, 0) is 11.2 Å². The number of aliphatic carboxylic acids is 1. The number of aromatic amines is 1. The van der Waals surface area contributed by atoms with Gasteiger partial charge in [-0.25, -0.2) is 4.98 Å². The number of hydrogen-bond donors (Lipinski definition) is 3. The van der Waals surface area contributed by atoms with Crippen molar-refractivity contribution in [3.63, 3.8) is 0 Å². The summed E-state index contributed by atoms with van der Waals surface area (Å²) < 4.78 is 0. The molecule has 0 fully saturated rings. The smallest absolute Gasteiger partial charge is 0.320 e. The van der Waals surface area contributed by atoms with E-state index in [9.17, 15) is 9.59 Å². The van der Waals surface area contributed by atoms with E-state index in [1.807, 2.05) is 0 Å². The Hall–Kier alpha value is -1.69. The predicted octanol–water partition coefficient (Wildman–Crippen LogP) is -0.967. The lowest BCUT2D eigenvalue weighted by molar-refractivity contribution is -0.138. The number of aromatic nitrogens is 2. The molecule has 1 aromatic rings. The highest BCUT2D eigenvalue weighted by molar-refractivity contribution is 5.73. The lowest BCUT2D eigenvalue weighted by Crippen LogP contribution is -2.34. The van der Waals surface area contributed by atoms with Gasteiger partial charge in [-0.2, -0.15) is 0 Å². The Morgan fingerprint density at radius 2 is 2.43 bits per heavy atom. The van der Waals surface area contributed by atoms with Crippen LogP contribution in [0.1, 0.15) is 11.4 Å². The third kappa shape index (κ3) is 2.40. The van der Waals surface area contributed by atoms with Crippen molar-refractivity contribution in [2.24, 2.45) is 5.73 Å². The fourth-order valence-electron chi connectivity index (χ4n) is 0.980. The summed E-state index contributed by atoms with van der Waals surface area (Å²) >= 11 is 0. The van der Waals surface area contributed by atoms with E-state index in [2.05, 4.69) is 9.97 Å². The van der Waals surface area contributed by atoms with Crippen LogP contribution in [0.25, 0.3) is 0 Å². The molecule has 0 aliphatic rings. The van der Waals surface area contributed by atoms with E-state index >= 15 is 0 Å². The summed E-state index contributed by atoms with van der Waals surface area (Å²) in [5.41, 5.74) is 5.22. The van der Waals surface area contributed by atoms with Crippen LogP contribution in [0.2, 0.25) is 0 Å². The summed E-state index contributed by atoms with van der Waals surface area (Å²) in [7, 11) is 0. The SMILES string of the molecule is Cc1ncc(CC(N)C(=O)O)c(=O)[nH]1. The highest BCUT2D eigenvalue weighted by Gasteiger charge is 2.14. The molecule has 14 heavy (non-hydrogen) atoms. The first kappa shape index (κ1) is 10.4. The zero-order valence-corrected chi connectivity index (χ0v) is 7.65. The second-order valence-electron chi connectivity index (χ2n) is 2.97. The Labute approximate surface area is 79.8 Å². The maximum absolute atomic E-state index is 11.3. The van der Waals surface area contributed by atoms with Gasteiger partial charge in [0.15, 0.2) is 0 Å². The number of hydrogen-bond acceptors (Lipinski definition) is 4. The molecule has 1 atom stereocenters. The second kappa shape index (κ2) is 4.01. The Morgan fingerprint density at radius 3 is 2.93 bits per heavy atom. The fourth-order valence-corrected chi connectivity index (χ4v) is 0.980. The minimum absolute atomic E-state index is 0.0159. The van der Waals surface area contributed by atoms with Crippen LogP contribution >= 0.6 is 0 Å². The normalized spacial score (nSPS) is 12.4. The molecule has 0 radical (unpaired) electrons. The topological polar surface area (TPSA) is 109 Å². The van der Waals surface area contributed by atoms with Crippen LogP contribution < -0.4 is 11.3 Å². The van der Waals surface area contributed by atoms with Gasteiger partial charge in [-0.05, 0) is 6.92 Å². The summed E-state index contributed by atoms with van der Waals surface area (Å²) in [6.45, 7) is 1.64. The largest absolute Gasteiger partial charge is 0.480 e. The highest BCUT2D eigenvalue weighted by atomic mass is 16.4. The molecule has 6 heteroatoms. The average Bonchev–Trinajstić information content (AvgIpc) is 2.09. The Balaban J connectivity index is 2.88. The molecule has 1 rings (SSSR count). The summed E-state index contributed by atoms with van der Waals surface area (Å²) in [5, 5.41) is 8.53. The number of nitrogens with two attached hydrogens (primary N) is 1. The van der Waals surface area contributed by atoms with E-state index in [1.165, 1.54) is 6.20 Å². The molecule has 0 aliphatic heterocycles. The summed E-state index contributed by atoms with van der Waals surface area (Å²) in [6.07, 6.45) is 1.33. The van der Waals surface area contributed by atoms with Crippen LogP contribution in [0, 0.1) is 6.92 Å². The van der Waals surface area contributed by atoms with E-state index in [0.29, 0.717) is 5.82 Å². The highest BCUT2D eigenvalue weighted by Crippen LogP contribution is 1.94.